The first kappa shape index (κ1) is 8.25. The first-order chi connectivity index (χ1) is 5.58. The molecule has 0 unspecified atom stereocenters. The predicted molar refractivity (Wildman–Crippen MR) is 36.7 cm³/mol. The van der Waals surface area contributed by atoms with Gasteiger partial charge in [-0.3, -0.25) is 4.79 Å². The van der Waals surface area contributed by atoms with Gasteiger partial charge in [0.2, 0.25) is 11.8 Å². The lowest BCUT2D eigenvalue weighted by Gasteiger charge is -1.99. The lowest BCUT2D eigenvalue weighted by Crippen LogP contribution is -2.03. The summed E-state index contributed by atoms with van der Waals surface area (Å²) in [5, 5.41) is 17.5. The van der Waals surface area contributed by atoms with Gasteiger partial charge >= 0.3 is 12.0 Å². The first-order valence-electron chi connectivity index (χ1n) is 3.03. The quantitative estimate of drug-likeness (QED) is 0.567. The standard InChI is InChI=1S/C6H6N2O4/c1-3(9)12-5-2-4(10)7-6(11)8-5/h2H,1H3,(H2,7,8,10,11). The van der Waals surface area contributed by atoms with Crippen LogP contribution in [0.5, 0.6) is 17.8 Å². The Bertz CT molecular complexity index is 292. The average molecular weight is 170 g/mol. The number of aromatic nitrogens is 2. The minimum Gasteiger partial charge on any atom is -0.493 e. The van der Waals surface area contributed by atoms with Gasteiger partial charge in [0.1, 0.15) is 0 Å². The molecule has 0 aliphatic carbocycles. The van der Waals surface area contributed by atoms with Crippen molar-refractivity contribution in [2.24, 2.45) is 0 Å². The van der Waals surface area contributed by atoms with Gasteiger partial charge in [-0.25, -0.2) is 0 Å². The highest BCUT2D eigenvalue weighted by Gasteiger charge is 2.04. The summed E-state index contributed by atoms with van der Waals surface area (Å²) in [6.07, 6.45) is 0. The summed E-state index contributed by atoms with van der Waals surface area (Å²) in [5.41, 5.74) is 0. The maximum atomic E-state index is 10.4. The Morgan fingerprint density at radius 2 is 2.17 bits per heavy atom. The minimum absolute atomic E-state index is 0.187. The molecule has 2 N–H and O–H groups in total. The van der Waals surface area contributed by atoms with Crippen LogP contribution in [0.1, 0.15) is 6.92 Å². The third kappa shape index (κ3) is 2.08. The molecule has 1 heterocycles. The zero-order valence-electron chi connectivity index (χ0n) is 6.18. The van der Waals surface area contributed by atoms with Crippen LogP contribution in [0.25, 0.3) is 0 Å². The van der Waals surface area contributed by atoms with Crippen LogP contribution in [0.15, 0.2) is 6.07 Å². The molecule has 6 heteroatoms. The van der Waals surface area contributed by atoms with Crippen LogP contribution in [0.3, 0.4) is 0 Å². The average Bonchev–Trinajstić information content (AvgIpc) is 1.81. The van der Waals surface area contributed by atoms with Crippen molar-refractivity contribution in [3.8, 4) is 17.8 Å². The number of carbonyl (C=O) groups is 1. The molecule has 0 bridgehead atoms. The maximum absolute atomic E-state index is 10.4. The van der Waals surface area contributed by atoms with Crippen LogP contribution in [-0.2, 0) is 4.79 Å². The first-order valence-corrected chi connectivity index (χ1v) is 3.03. The molecule has 0 atom stereocenters. The fraction of sp³-hybridized carbons (Fsp3) is 0.167. The third-order valence-corrected chi connectivity index (χ3v) is 0.926. The van der Waals surface area contributed by atoms with E-state index in [2.05, 4.69) is 14.7 Å². The van der Waals surface area contributed by atoms with Gasteiger partial charge in [0.15, 0.2) is 0 Å². The number of ether oxygens (including phenoxy) is 1. The Kier molecular flexibility index (Phi) is 2.09. The zero-order chi connectivity index (χ0) is 9.14. The minimum atomic E-state index is -0.647. The summed E-state index contributed by atoms with van der Waals surface area (Å²) in [6, 6.07) is 0.368. The number of hydrogen-bond acceptors (Lipinski definition) is 6. The molecule has 0 amide bonds. The van der Waals surface area contributed by atoms with E-state index in [1.54, 1.807) is 0 Å². The molecule has 0 spiro atoms. The monoisotopic (exact) mass is 170 g/mol. The Morgan fingerprint density at radius 3 is 2.67 bits per heavy atom. The summed E-state index contributed by atoms with van der Waals surface area (Å²) in [7, 11) is 0. The van der Waals surface area contributed by atoms with E-state index in [0.717, 1.165) is 6.07 Å². The highest BCUT2D eigenvalue weighted by atomic mass is 16.5. The second kappa shape index (κ2) is 3.04. The fourth-order valence-corrected chi connectivity index (χ4v) is 0.601. The highest BCUT2D eigenvalue weighted by molar-refractivity contribution is 5.68. The largest absolute Gasteiger partial charge is 0.493 e. The smallest absolute Gasteiger partial charge is 0.320 e. The van der Waals surface area contributed by atoms with Crippen LogP contribution in [-0.4, -0.2) is 26.2 Å². The lowest BCUT2D eigenvalue weighted by atomic mass is 10.6. The van der Waals surface area contributed by atoms with Gasteiger partial charge in [0.25, 0.3) is 0 Å². The van der Waals surface area contributed by atoms with Gasteiger partial charge in [-0.1, -0.05) is 0 Å². The SMILES string of the molecule is CC(=O)Oc1cc(O)nc(O)n1. The van der Waals surface area contributed by atoms with E-state index in [9.17, 15) is 4.79 Å². The number of rotatable bonds is 1. The maximum Gasteiger partial charge on any atom is 0.320 e. The normalized spacial score (nSPS) is 9.42. The summed E-state index contributed by atoms with van der Waals surface area (Å²) in [5.74, 6) is -1.24. The number of aromatic hydroxyl groups is 2. The molecule has 0 saturated heterocycles. The molecule has 1 aromatic heterocycles. The van der Waals surface area contributed by atoms with E-state index in [1.807, 2.05) is 0 Å². The predicted octanol–water partition coefficient (Wildman–Crippen LogP) is -0.187. The van der Waals surface area contributed by atoms with Crippen LogP contribution in [0.2, 0.25) is 0 Å². The summed E-state index contributed by atoms with van der Waals surface area (Å²) < 4.78 is 4.47. The van der Waals surface area contributed by atoms with Crippen molar-refractivity contribution in [2.45, 2.75) is 6.92 Å². The summed E-state index contributed by atoms with van der Waals surface area (Å²) >= 11 is 0. The number of hydrogen-bond donors (Lipinski definition) is 2. The Balaban J connectivity index is 2.93. The van der Waals surface area contributed by atoms with Gasteiger partial charge in [0.05, 0.1) is 6.07 Å². The summed E-state index contributed by atoms with van der Waals surface area (Å²) in [4.78, 5) is 16.9. The van der Waals surface area contributed by atoms with Gasteiger partial charge in [0, 0.05) is 6.92 Å². The molecule has 0 radical (unpaired) electrons. The van der Waals surface area contributed by atoms with Crippen LogP contribution < -0.4 is 4.74 Å². The molecular weight excluding hydrogens is 164 g/mol. The zero-order valence-corrected chi connectivity index (χ0v) is 6.18. The summed E-state index contributed by atoms with van der Waals surface area (Å²) in [6.45, 7) is 1.18. The van der Waals surface area contributed by atoms with E-state index < -0.39 is 17.9 Å². The van der Waals surface area contributed by atoms with E-state index in [4.69, 9.17) is 10.2 Å². The van der Waals surface area contributed by atoms with Crippen molar-refractivity contribution >= 4 is 5.97 Å². The third-order valence-electron chi connectivity index (χ3n) is 0.926. The number of nitrogens with zero attached hydrogens (tertiary/aromatic N) is 2. The second-order valence-corrected chi connectivity index (χ2v) is 1.96. The van der Waals surface area contributed by atoms with Crippen molar-refractivity contribution in [1.82, 2.24) is 9.97 Å². The van der Waals surface area contributed by atoms with Crippen LogP contribution >= 0.6 is 0 Å². The molecule has 0 saturated carbocycles. The van der Waals surface area contributed by atoms with E-state index in [0.29, 0.717) is 0 Å². The van der Waals surface area contributed by atoms with Crippen molar-refractivity contribution < 1.29 is 19.7 Å². The van der Waals surface area contributed by atoms with Crippen LogP contribution in [0.4, 0.5) is 0 Å². The molecule has 0 aromatic carbocycles. The van der Waals surface area contributed by atoms with Gasteiger partial charge in [-0.2, -0.15) is 9.97 Å². The molecule has 0 aliphatic heterocycles. The van der Waals surface area contributed by atoms with Crippen molar-refractivity contribution in [3.63, 3.8) is 0 Å². The Labute approximate surface area is 67.5 Å². The van der Waals surface area contributed by atoms with Gasteiger partial charge < -0.3 is 14.9 Å². The molecule has 12 heavy (non-hydrogen) atoms. The molecule has 64 valence electrons. The van der Waals surface area contributed by atoms with Gasteiger partial charge in [-0.05, 0) is 0 Å². The van der Waals surface area contributed by atoms with E-state index in [-0.39, 0.29) is 5.88 Å². The number of esters is 1. The fourth-order valence-electron chi connectivity index (χ4n) is 0.601. The number of carbonyl (C=O) groups excluding carboxylic acids is 1. The molecule has 1 aromatic rings. The second-order valence-electron chi connectivity index (χ2n) is 1.96. The molecule has 0 fully saturated rings. The highest BCUT2D eigenvalue weighted by Crippen LogP contribution is 2.16. The van der Waals surface area contributed by atoms with Crippen LogP contribution in [0, 0.1) is 0 Å². The molecule has 1 rings (SSSR count). The molecular formula is C6H6N2O4. The lowest BCUT2D eigenvalue weighted by molar-refractivity contribution is -0.132. The van der Waals surface area contributed by atoms with E-state index >= 15 is 0 Å². The molecule has 0 aliphatic rings. The van der Waals surface area contributed by atoms with Crippen molar-refractivity contribution in [1.29, 1.82) is 0 Å². The Hall–Kier alpha value is -1.85. The van der Waals surface area contributed by atoms with Crippen molar-refractivity contribution in [3.05, 3.63) is 6.07 Å². The van der Waals surface area contributed by atoms with Crippen molar-refractivity contribution in [2.75, 3.05) is 0 Å². The Morgan fingerprint density at radius 1 is 1.50 bits per heavy atom. The van der Waals surface area contributed by atoms with Gasteiger partial charge in [-0.15, -0.1) is 0 Å². The topological polar surface area (TPSA) is 92.5 Å². The molecule has 6 nitrogen and oxygen atoms in total. The van der Waals surface area contributed by atoms with E-state index in [1.165, 1.54) is 6.92 Å².